The van der Waals surface area contributed by atoms with Gasteiger partial charge >= 0.3 is 26.2 Å². The fourth-order valence-electron chi connectivity index (χ4n) is 6.01. The second-order valence-electron chi connectivity index (χ2n) is 9.60. The summed E-state index contributed by atoms with van der Waals surface area (Å²) in [6.45, 7) is 9.71. The molecule has 6 aromatic rings. The van der Waals surface area contributed by atoms with Crippen LogP contribution in [0.25, 0.3) is 43.1 Å². The molecule has 0 N–H and O–H groups in total. The van der Waals surface area contributed by atoms with Crippen LogP contribution in [-0.4, -0.2) is 8.07 Å². The summed E-state index contributed by atoms with van der Waals surface area (Å²) >= 11 is 0. The zero-order valence-corrected chi connectivity index (χ0v) is 24.8. The Morgan fingerprint density at radius 1 is 0.559 bits per heavy atom. The van der Waals surface area contributed by atoms with Gasteiger partial charge in [0.25, 0.3) is 0 Å². The zero-order chi connectivity index (χ0) is 21.3. The molecule has 4 heteroatoms. The molecule has 34 heavy (non-hydrogen) atoms. The van der Waals surface area contributed by atoms with Crippen LogP contribution < -0.4 is 35.2 Å². The first-order chi connectivity index (χ1) is 14.9. The van der Waals surface area contributed by atoms with Gasteiger partial charge in [0.1, 0.15) is 0 Å². The number of benzene rings is 4. The number of hydrogen-bond acceptors (Lipinski definition) is 0. The van der Waals surface area contributed by atoms with E-state index in [0.717, 1.165) is 0 Å². The van der Waals surface area contributed by atoms with Crippen LogP contribution in [0.5, 0.6) is 0 Å². The normalized spacial score (nSPS) is 11.4. The van der Waals surface area contributed by atoms with E-state index in [9.17, 15) is 0 Å². The molecule has 0 fully saturated rings. The van der Waals surface area contributed by atoms with E-state index in [-0.39, 0.29) is 51.0 Å². The van der Waals surface area contributed by atoms with E-state index >= 15 is 0 Å². The third-order valence-corrected chi connectivity index (χ3v) is 11.0. The summed E-state index contributed by atoms with van der Waals surface area (Å²) in [5.74, 6) is 0. The van der Waals surface area contributed by atoms with Crippen LogP contribution in [0.4, 0.5) is 0 Å². The molecule has 168 valence electrons. The number of hydrogen-bond donors (Lipinski definition) is 0. The van der Waals surface area contributed by atoms with Gasteiger partial charge < -0.3 is 24.8 Å². The monoisotopic (exact) mass is 574 g/mol. The van der Waals surface area contributed by atoms with E-state index in [1.165, 1.54) is 54.2 Å². The molecule has 0 radical (unpaired) electrons. The molecule has 0 atom stereocenters. The van der Waals surface area contributed by atoms with E-state index in [2.05, 4.69) is 112 Å². The van der Waals surface area contributed by atoms with Gasteiger partial charge in [0.05, 0.1) is 0 Å². The fourth-order valence-corrected chi connectivity index (χ4v) is 10.2. The van der Waals surface area contributed by atoms with Crippen LogP contribution in [0.1, 0.15) is 11.1 Å². The molecular weight excluding hydrogens is 551 g/mol. The van der Waals surface area contributed by atoms with Gasteiger partial charge in [-0.2, -0.15) is 10.4 Å². The van der Waals surface area contributed by atoms with Crippen LogP contribution in [-0.2, 0) is 26.2 Å². The maximum absolute atomic E-state index is 2.54. The number of rotatable bonds is 2. The molecule has 0 aliphatic heterocycles. The Morgan fingerprint density at radius 3 is 1.24 bits per heavy atom. The van der Waals surface area contributed by atoms with Crippen LogP contribution in [0.3, 0.4) is 0 Å². The van der Waals surface area contributed by atoms with Gasteiger partial charge in [-0.3, -0.25) is 0 Å². The molecule has 0 aliphatic carbocycles. The molecule has 0 heterocycles. The molecule has 0 aliphatic rings. The molecule has 0 unspecified atom stereocenters. The molecular formula is C30H26Cl2SiZr. The maximum atomic E-state index is 2.54. The van der Waals surface area contributed by atoms with Crippen molar-refractivity contribution in [1.29, 1.82) is 0 Å². The van der Waals surface area contributed by atoms with E-state index < -0.39 is 8.07 Å². The first-order valence-electron chi connectivity index (χ1n) is 11.1. The molecule has 6 aromatic carbocycles. The average molecular weight is 577 g/mol. The largest absolute Gasteiger partial charge is 4.00 e. The summed E-state index contributed by atoms with van der Waals surface area (Å²) in [5.41, 5.74) is 2.88. The van der Waals surface area contributed by atoms with Crippen molar-refractivity contribution in [2.24, 2.45) is 0 Å². The molecule has 6 rings (SSSR count). The standard InChI is InChI=1S/C30H26Si.2ClH.Zr/c1-19-13-25-15-21-9-5-7-11-23(21)17-27(25)29(19)31(3,4)30-20(2)14-26-16-22-10-6-8-12-24(22)18-28(26)30;;;/h5-18H,1-4H3;2*1H;/q-2;;;+4/p-2. The van der Waals surface area contributed by atoms with Crippen molar-refractivity contribution in [1.82, 2.24) is 0 Å². The summed E-state index contributed by atoms with van der Waals surface area (Å²) in [7, 11) is -1.94. The van der Waals surface area contributed by atoms with Crippen molar-refractivity contribution in [3.8, 4) is 0 Å². The molecule has 0 saturated heterocycles. The van der Waals surface area contributed by atoms with Crippen molar-refractivity contribution >= 4 is 61.5 Å². The van der Waals surface area contributed by atoms with Gasteiger partial charge in [-0.15, -0.1) is 56.9 Å². The van der Waals surface area contributed by atoms with Gasteiger partial charge in [-0.05, 0) is 10.8 Å². The molecule has 0 bridgehead atoms. The predicted octanol–water partition coefficient (Wildman–Crippen LogP) is 1.18. The fraction of sp³-hybridized carbons (Fsp3) is 0.133. The molecule has 0 amide bonds. The summed E-state index contributed by atoms with van der Waals surface area (Å²) < 4.78 is 0. The Labute approximate surface area is 234 Å². The Hall–Kier alpha value is -1.70. The summed E-state index contributed by atoms with van der Waals surface area (Å²) in [6.07, 6.45) is 0. The summed E-state index contributed by atoms with van der Waals surface area (Å²) in [4.78, 5) is 0. The second kappa shape index (κ2) is 9.75. The van der Waals surface area contributed by atoms with Crippen LogP contribution in [0.2, 0.25) is 13.1 Å². The van der Waals surface area contributed by atoms with Crippen molar-refractivity contribution < 1.29 is 51.0 Å². The second-order valence-corrected chi connectivity index (χ2v) is 13.9. The Kier molecular flexibility index (Phi) is 7.71. The minimum Gasteiger partial charge on any atom is -1.00 e. The minimum atomic E-state index is -1.94. The summed E-state index contributed by atoms with van der Waals surface area (Å²) in [5, 5.41) is 14.2. The SMILES string of the molecule is Cc1[cH-]c2cc3ccccc3cc2c1[Si](C)(C)c1c(C)[cH-]c2cc3ccccc3cc12.[Cl-].[Cl-].[Zr+4]. The molecule has 0 saturated carbocycles. The zero-order valence-electron chi connectivity index (χ0n) is 19.8. The minimum absolute atomic E-state index is 0. The molecule has 0 spiro atoms. The van der Waals surface area contributed by atoms with E-state index in [4.69, 9.17) is 0 Å². The van der Waals surface area contributed by atoms with E-state index in [0.29, 0.717) is 0 Å². The quantitative estimate of drug-likeness (QED) is 0.215. The van der Waals surface area contributed by atoms with Crippen LogP contribution >= 0.6 is 0 Å². The van der Waals surface area contributed by atoms with E-state index in [1.807, 2.05) is 0 Å². The summed E-state index contributed by atoms with van der Waals surface area (Å²) in [6, 6.07) is 31.9. The van der Waals surface area contributed by atoms with Crippen molar-refractivity contribution in [3.63, 3.8) is 0 Å². The number of halogens is 2. The molecule has 0 nitrogen and oxygen atoms in total. The third-order valence-electron chi connectivity index (χ3n) is 7.16. The van der Waals surface area contributed by atoms with Gasteiger partial charge in [-0.25, -0.2) is 0 Å². The van der Waals surface area contributed by atoms with Crippen molar-refractivity contribution in [3.05, 3.63) is 96.1 Å². The van der Waals surface area contributed by atoms with Crippen LogP contribution in [0, 0.1) is 13.8 Å². The number of fused-ring (bicyclic) bond motifs is 4. The first-order valence-corrected chi connectivity index (χ1v) is 14.1. The molecule has 0 aromatic heterocycles. The smallest absolute Gasteiger partial charge is 1.00 e. The third kappa shape index (κ3) is 4.03. The number of aryl methyl sites for hydroxylation is 2. The van der Waals surface area contributed by atoms with Gasteiger partial charge in [0.2, 0.25) is 0 Å². The Morgan fingerprint density at radius 2 is 0.882 bits per heavy atom. The topological polar surface area (TPSA) is 0 Å². The van der Waals surface area contributed by atoms with E-state index in [1.54, 1.807) is 10.4 Å². The first kappa shape index (κ1) is 26.9. The Bertz CT molecular complexity index is 1520. The van der Waals surface area contributed by atoms with Crippen molar-refractivity contribution in [2.45, 2.75) is 26.9 Å². The Balaban J connectivity index is 0.00000108. The van der Waals surface area contributed by atoms with Crippen LogP contribution in [0.15, 0.2) is 84.9 Å². The van der Waals surface area contributed by atoms with Gasteiger partial charge in [0.15, 0.2) is 0 Å². The van der Waals surface area contributed by atoms with Crippen molar-refractivity contribution in [2.75, 3.05) is 0 Å². The maximum Gasteiger partial charge on any atom is 4.00 e. The van der Waals surface area contributed by atoms with Gasteiger partial charge in [0, 0.05) is 8.07 Å². The predicted molar refractivity (Wildman–Crippen MR) is 140 cm³/mol. The van der Waals surface area contributed by atoms with Gasteiger partial charge in [-0.1, -0.05) is 98.4 Å². The average Bonchev–Trinajstić information content (AvgIpc) is 3.24.